The number of anilines is 2. The fourth-order valence-electron chi connectivity index (χ4n) is 3.04. The molecule has 3 aromatic rings. The van der Waals surface area contributed by atoms with E-state index < -0.39 is 22.9 Å². The second kappa shape index (κ2) is 11.2. The molecule has 0 heterocycles. The van der Waals surface area contributed by atoms with Crippen LogP contribution in [0.5, 0.6) is 0 Å². The van der Waals surface area contributed by atoms with Crippen LogP contribution in [0.1, 0.15) is 29.3 Å². The molecule has 178 valence electrons. The highest BCUT2D eigenvalue weighted by atomic mass is 35.5. The quantitative estimate of drug-likeness (QED) is 0.309. The van der Waals surface area contributed by atoms with E-state index in [0.29, 0.717) is 27.6 Å². The summed E-state index contributed by atoms with van der Waals surface area (Å²) in [4.78, 5) is 25.9. The molecule has 0 saturated heterocycles. The van der Waals surface area contributed by atoms with Gasteiger partial charge in [-0.15, -0.1) is 11.8 Å². The van der Waals surface area contributed by atoms with Crippen LogP contribution in [-0.4, -0.2) is 17.1 Å². The van der Waals surface area contributed by atoms with Gasteiger partial charge in [-0.2, -0.15) is 13.2 Å². The molecule has 3 aromatic carbocycles. The first-order valence-corrected chi connectivity index (χ1v) is 11.7. The smallest absolute Gasteiger partial charge is 0.325 e. The normalized spacial score (nSPS) is 12.2. The van der Waals surface area contributed by atoms with E-state index in [0.717, 1.165) is 12.1 Å². The molecule has 0 spiro atoms. The number of hydrogen-bond donors (Lipinski definition) is 2. The number of nitrogens with one attached hydrogen (secondary N) is 2. The predicted octanol–water partition coefficient (Wildman–Crippen LogP) is 7.77. The number of halogens is 5. The van der Waals surface area contributed by atoms with Gasteiger partial charge in [-0.25, -0.2) is 0 Å². The summed E-state index contributed by atoms with van der Waals surface area (Å²) in [7, 11) is 0. The van der Waals surface area contributed by atoms with Gasteiger partial charge < -0.3 is 10.6 Å². The Morgan fingerprint density at radius 2 is 1.65 bits per heavy atom. The summed E-state index contributed by atoms with van der Waals surface area (Å²) >= 11 is 12.8. The molecule has 10 heteroatoms. The summed E-state index contributed by atoms with van der Waals surface area (Å²) in [6, 6.07) is 16.5. The fourth-order valence-corrected chi connectivity index (χ4v) is 4.42. The summed E-state index contributed by atoms with van der Waals surface area (Å²) in [5, 5.41) is 4.82. The number of rotatable bonds is 7. The van der Waals surface area contributed by atoms with E-state index >= 15 is 0 Å². The number of thioether (sulfide) groups is 1. The van der Waals surface area contributed by atoms with E-state index in [1.807, 2.05) is 0 Å². The minimum Gasteiger partial charge on any atom is -0.325 e. The molecule has 3 rings (SSSR count). The lowest BCUT2D eigenvalue weighted by Gasteiger charge is -2.18. The number of benzene rings is 3. The molecular weight excluding hydrogens is 508 g/mol. The minimum atomic E-state index is -4.67. The van der Waals surface area contributed by atoms with Crippen molar-refractivity contribution in [3.05, 3.63) is 87.9 Å². The standard InChI is InChI=1S/C24H19Cl2F3N2O2S/c1-2-21(23(33)31-20-10-9-16(26)12-19(20)24(27,28)29)34-18-8-4-7-17(13-18)30-22(32)14-5-3-6-15(25)11-14/h3-13,21H,2H2,1H3,(H,30,32)(H,31,33). The molecule has 0 fully saturated rings. The van der Waals surface area contributed by atoms with Crippen molar-refractivity contribution < 1.29 is 22.8 Å². The van der Waals surface area contributed by atoms with Crippen LogP contribution in [0.2, 0.25) is 10.0 Å². The van der Waals surface area contributed by atoms with Crippen molar-refractivity contribution in [2.45, 2.75) is 29.7 Å². The Morgan fingerprint density at radius 3 is 2.32 bits per heavy atom. The molecular formula is C24H19Cl2F3N2O2S. The van der Waals surface area contributed by atoms with Crippen molar-refractivity contribution in [2.75, 3.05) is 10.6 Å². The fraction of sp³-hybridized carbons (Fsp3) is 0.167. The third kappa shape index (κ3) is 6.91. The van der Waals surface area contributed by atoms with Gasteiger partial charge in [-0.05, 0) is 61.0 Å². The zero-order valence-corrected chi connectivity index (χ0v) is 20.1. The third-order valence-corrected chi connectivity index (χ3v) is 6.49. The van der Waals surface area contributed by atoms with Crippen LogP contribution >= 0.6 is 35.0 Å². The summed E-state index contributed by atoms with van der Waals surface area (Å²) in [6.07, 6.45) is -4.30. The van der Waals surface area contributed by atoms with Crippen LogP contribution in [0, 0.1) is 0 Å². The largest absolute Gasteiger partial charge is 0.418 e. The first-order valence-electron chi connectivity index (χ1n) is 10.1. The maximum atomic E-state index is 13.3. The Bertz CT molecular complexity index is 1200. The summed E-state index contributed by atoms with van der Waals surface area (Å²) in [5.41, 5.74) is -0.482. The van der Waals surface area contributed by atoms with E-state index in [4.69, 9.17) is 23.2 Å². The monoisotopic (exact) mass is 526 g/mol. The molecule has 34 heavy (non-hydrogen) atoms. The zero-order chi connectivity index (χ0) is 24.9. The lowest BCUT2D eigenvalue weighted by atomic mass is 10.1. The van der Waals surface area contributed by atoms with E-state index in [-0.39, 0.29) is 16.6 Å². The van der Waals surface area contributed by atoms with Gasteiger partial charge >= 0.3 is 6.18 Å². The second-order valence-corrected chi connectivity index (χ2v) is 9.33. The van der Waals surface area contributed by atoms with Gasteiger partial charge in [-0.3, -0.25) is 9.59 Å². The zero-order valence-electron chi connectivity index (χ0n) is 17.7. The summed E-state index contributed by atoms with van der Waals surface area (Å²) in [6.45, 7) is 1.76. The molecule has 0 aliphatic rings. The van der Waals surface area contributed by atoms with Crippen molar-refractivity contribution in [1.29, 1.82) is 0 Å². The number of amides is 2. The Labute approximate surface area is 208 Å². The topological polar surface area (TPSA) is 58.2 Å². The van der Waals surface area contributed by atoms with Crippen LogP contribution in [0.25, 0.3) is 0 Å². The highest BCUT2D eigenvalue weighted by Crippen LogP contribution is 2.37. The molecule has 0 radical (unpaired) electrons. The van der Waals surface area contributed by atoms with Crippen molar-refractivity contribution >= 4 is 58.2 Å². The van der Waals surface area contributed by atoms with Gasteiger partial charge in [0.2, 0.25) is 5.91 Å². The third-order valence-electron chi connectivity index (χ3n) is 4.67. The summed E-state index contributed by atoms with van der Waals surface area (Å²) < 4.78 is 40.0. The van der Waals surface area contributed by atoms with Gasteiger partial charge in [0.05, 0.1) is 16.5 Å². The highest BCUT2D eigenvalue weighted by molar-refractivity contribution is 8.00. The lowest BCUT2D eigenvalue weighted by Crippen LogP contribution is -2.26. The Morgan fingerprint density at radius 1 is 0.941 bits per heavy atom. The van der Waals surface area contributed by atoms with Crippen LogP contribution < -0.4 is 10.6 Å². The highest BCUT2D eigenvalue weighted by Gasteiger charge is 2.34. The number of hydrogen-bond acceptors (Lipinski definition) is 3. The van der Waals surface area contributed by atoms with Crippen LogP contribution in [-0.2, 0) is 11.0 Å². The predicted molar refractivity (Wildman–Crippen MR) is 131 cm³/mol. The van der Waals surface area contributed by atoms with E-state index in [2.05, 4.69) is 10.6 Å². The summed E-state index contributed by atoms with van der Waals surface area (Å²) in [5.74, 6) is -0.925. The van der Waals surface area contributed by atoms with Crippen LogP contribution in [0.4, 0.5) is 24.5 Å². The molecule has 4 nitrogen and oxygen atoms in total. The van der Waals surface area contributed by atoms with Crippen molar-refractivity contribution in [1.82, 2.24) is 0 Å². The van der Waals surface area contributed by atoms with Crippen molar-refractivity contribution in [2.24, 2.45) is 0 Å². The average molecular weight is 527 g/mol. The number of carbonyl (C=O) groups is 2. The minimum absolute atomic E-state index is 0.0802. The molecule has 0 saturated carbocycles. The van der Waals surface area contributed by atoms with Crippen molar-refractivity contribution in [3.63, 3.8) is 0 Å². The molecule has 0 aromatic heterocycles. The average Bonchev–Trinajstić information content (AvgIpc) is 2.78. The van der Waals surface area contributed by atoms with Gasteiger partial charge in [0.1, 0.15) is 0 Å². The molecule has 2 amide bonds. The maximum absolute atomic E-state index is 13.3. The first kappa shape index (κ1) is 25.9. The van der Waals surface area contributed by atoms with Crippen LogP contribution in [0.15, 0.2) is 71.6 Å². The Hall–Kier alpha value is -2.68. The second-order valence-electron chi connectivity index (χ2n) is 7.18. The Balaban J connectivity index is 1.72. The lowest BCUT2D eigenvalue weighted by molar-refractivity contribution is -0.137. The SMILES string of the molecule is CCC(Sc1cccc(NC(=O)c2cccc(Cl)c2)c1)C(=O)Nc1ccc(Cl)cc1C(F)(F)F. The van der Waals surface area contributed by atoms with Crippen LogP contribution in [0.3, 0.4) is 0 Å². The van der Waals surface area contributed by atoms with Gasteiger partial charge in [0.15, 0.2) is 0 Å². The van der Waals surface area contributed by atoms with E-state index in [1.165, 1.54) is 17.8 Å². The first-order chi connectivity index (χ1) is 16.1. The van der Waals surface area contributed by atoms with Gasteiger partial charge in [0.25, 0.3) is 5.91 Å². The molecule has 0 aliphatic heterocycles. The van der Waals surface area contributed by atoms with Gasteiger partial charge in [-0.1, -0.05) is 42.3 Å². The molecule has 1 atom stereocenters. The molecule has 1 unspecified atom stereocenters. The molecule has 0 bridgehead atoms. The molecule has 0 aliphatic carbocycles. The maximum Gasteiger partial charge on any atom is 0.418 e. The van der Waals surface area contributed by atoms with E-state index in [9.17, 15) is 22.8 Å². The van der Waals surface area contributed by atoms with Gasteiger partial charge in [0, 0.05) is 26.2 Å². The number of alkyl halides is 3. The van der Waals surface area contributed by atoms with Crippen molar-refractivity contribution in [3.8, 4) is 0 Å². The number of carbonyl (C=O) groups excluding carboxylic acids is 2. The van der Waals surface area contributed by atoms with E-state index in [1.54, 1.807) is 55.5 Å². The Kier molecular flexibility index (Phi) is 8.52. The molecule has 2 N–H and O–H groups in total.